The molecular formula is C12H14ClN5O2. The van der Waals surface area contributed by atoms with Crippen molar-refractivity contribution in [1.29, 1.82) is 0 Å². The molecule has 1 fully saturated rings. The van der Waals surface area contributed by atoms with Crippen molar-refractivity contribution in [3.05, 3.63) is 11.1 Å². The number of imidazole rings is 1. The van der Waals surface area contributed by atoms with Gasteiger partial charge in [-0.15, -0.1) is 0 Å². The average molecular weight is 296 g/mol. The van der Waals surface area contributed by atoms with E-state index in [0.717, 1.165) is 42.4 Å². The van der Waals surface area contributed by atoms with Gasteiger partial charge in [-0.25, -0.2) is 4.98 Å². The highest BCUT2D eigenvalue weighted by Crippen LogP contribution is 2.27. The Morgan fingerprint density at radius 3 is 2.60 bits per heavy atom. The van der Waals surface area contributed by atoms with Crippen molar-refractivity contribution < 1.29 is 9.47 Å². The summed E-state index contributed by atoms with van der Waals surface area (Å²) in [5, 5.41) is 0.258. The third kappa shape index (κ3) is 1.93. The first kappa shape index (κ1) is 12.3. The standard InChI is InChI=1S/C12H14ClN5O2/c13-12-15-10(17-1-4-19-5-2-17)9-11(16-12)18-3-6-20-7-8(18)14-9/h1-7H2. The van der Waals surface area contributed by atoms with Crippen molar-refractivity contribution in [1.82, 2.24) is 19.5 Å². The first-order chi connectivity index (χ1) is 9.83. The Balaban J connectivity index is 1.89. The van der Waals surface area contributed by atoms with Crippen LogP contribution in [0.2, 0.25) is 5.28 Å². The maximum absolute atomic E-state index is 6.09. The molecule has 106 valence electrons. The Kier molecular flexibility index (Phi) is 2.98. The maximum Gasteiger partial charge on any atom is 0.226 e. The van der Waals surface area contributed by atoms with Crippen molar-refractivity contribution in [2.75, 3.05) is 37.8 Å². The Labute approximate surface area is 120 Å². The largest absolute Gasteiger partial charge is 0.378 e. The summed E-state index contributed by atoms with van der Waals surface area (Å²) >= 11 is 6.09. The molecule has 2 aliphatic rings. The van der Waals surface area contributed by atoms with E-state index in [1.807, 2.05) is 0 Å². The van der Waals surface area contributed by atoms with Crippen molar-refractivity contribution in [2.45, 2.75) is 13.2 Å². The highest BCUT2D eigenvalue weighted by atomic mass is 35.5. The van der Waals surface area contributed by atoms with Crippen LogP contribution in [0, 0.1) is 0 Å². The summed E-state index contributed by atoms with van der Waals surface area (Å²) in [6.45, 7) is 4.91. The number of halogens is 1. The zero-order valence-electron chi connectivity index (χ0n) is 10.9. The lowest BCUT2D eigenvalue weighted by Gasteiger charge is -2.27. The Morgan fingerprint density at radius 1 is 0.950 bits per heavy atom. The van der Waals surface area contributed by atoms with Crippen LogP contribution in [0.5, 0.6) is 0 Å². The third-order valence-electron chi connectivity index (χ3n) is 3.63. The predicted molar refractivity (Wildman–Crippen MR) is 73.0 cm³/mol. The minimum atomic E-state index is 0.258. The second kappa shape index (κ2) is 4.83. The number of fused-ring (bicyclic) bond motifs is 3. The number of ether oxygens (including phenoxy) is 2. The lowest BCUT2D eigenvalue weighted by Crippen LogP contribution is -2.37. The Bertz CT molecular complexity index is 653. The van der Waals surface area contributed by atoms with Gasteiger partial charge in [-0.05, 0) is 11.6 Å². The normalized spacial score (nSPS) is 19.4. The molecule has 0 amide bonds. The van der Waals surface area contributed by atoms with Crippen molar-refractivity contribution in [2.24, 2.45) is 0 Å². The Morgan fingerprint density at radius 2 is 1.75 bits per heavy atom. The van der Waals surface area contributed by atoms with Gasteiger partial charge in [0.1, 0.15) is 12.4 Å². The van der Waals surface area contributed by atoms with Gasteiger partial charge >= 0.3 is 0 Å². The molecule has 0 aliphatic carbocycles. The number of anilines is 1. The van der Waals surface area contributed by atoms with Crippen LogP contribution < -0.4 is 4.90 Å². The number of morpholine rings is 1. The first-order valence-electron chi connectivity index (χ1n) is 6.66. The highest BCUT2D eigenvalue weighted by Gasteiger charge is 2.23. The molecule has 2 aromatic rings. The fourth-order valence-electron chi connectivity index (χ4n) is 2.67. The van der Waals surface area contributed by atoms with E-state index in [2.05, 4.69) is 24.4 Å². The van der Waals surface area contributed by atoms with Crippen molar-refractivity contribution in [3.8, 4) is 0 Å². The monoisotopic (exact) mass is 295 g/mol. The number of nitrogens with zero attached hydrogens (tertiary/aromatic N) is 5. The van der Waals surface area contributed by atoms with E-state index >= 15 is 0 Å². The zero-order valence-corrected chi connectivity index (χ0v) is 11.6. The molecule has 0 atom stereocenters. The van der Waals surface area contributed by atoms with Gasteiger partial charge in [-0.3, -0.25) is 0 Å². The zero-order chi connectivity index (χ0) is 13.5. The molecule has 20 heavy (non-hydrogen) atoms. The molecule has 4 rings (SSSR count). The molecule has 7 nitrogen and oxygen atoms in total. The van der Waals surface area contributed by atoms with Gasteiger partial charge in [0.25, 0.3) is 0 Å². The van der Waals surface area contributed by atoms with Crippen molar-refractivity contribution >= 4 is 28.6 Å². The minimum Gasteiger partial charge on any atom is -0.378 e. The van der Waals surface area contributed by atoms with E-state index in [1.54, 1.807) is 0 Å². The topological polar surface area (TPSA) is 65.3 Å². The fraction of sp³-hybridized carbons (Fsp3) is 0.583. The summed E-state index contributed by atoms with van der Waals surface area (Å²) in [7, 11) is 0. The van der Waals surface area contributed by atoms with E-state index in [1.165, 1.54) is 0 Å². The van der Waals surface area contributed by atoms with E-state index in [9.17, 15) is 0 Å². The van der Waals surface area contributed by atoms with Gasteiger partial charge in [0, 0.05) is 19.6 Å². The molecule has 8 heteroatoms. The maximum atomic E-state index is 6.09. The summed E-state index contributed by atoms with van der Waals surface area (Å²) in [6, 6.07) is 0. The first-order valence-corrected chi connectivity index (χ1v) is 7.04. The molecule has 4 heterocycles. The van der Waals surface area contributed by atoms with Gasteiger partial charge in [-0.1, -0.05) is 0 Å². The van der Waals surface area contributed by atoms with Gasteiger partial charge in [0.15, 0.2) is 17.0 Å². The van der Waals surface area contributed by atoms with Crippen LogP contribution in [0.4, 0.5) is 5.82 Å². The van der Waals surface area contributed by atoms with Crippen LogP contribution in [0.3, 0.4) is 0 Å². The van der Waals surface area contributed by atoms with Gasteiger partial charge in [0.05, 0.1) is 19.8 Å². The number of rotatable bonds is 1. The molecule has 2 aliphatic heterocycles. The molecule has 0 spiro atoms. The third-order valence-corrected chi connectivity index (χ3v) is 3.80. The Hall–Kier alpha value is -1.44. The predicted octanol–water partition coefficient (Wildman–Crippen LogP) is 0.847. The molecule has 0 radical (unpaired) electrons. The van der Waals surface area contributed by atoms with E-state index < -0.39 is 0 Å². The van der Waals surface area contributed by atoms with Gasteiger partial charge in [0.2, 0.25) is 5.28 Å². The van der Waals surface area contributed by atoms with Crippen LogP contribution >= 0.6 is 11.6 Å². The van der Waals surface area contributed by atoms with Gasteiger partial charge < -0.3 is 18.9 Å². The minimum absolute atomic E-state index is 0.258. The summed E-state index contributed by atoms with van der Waals surface area (Å²) in [4.78, 5) is 15.5. The summed E-state index contributed by atoms with van der Waals surface area (Å²) in [6.07, 6.45) is 0. The second-order valence-electron chi connectivity index (χ2n) is 4.82. The fourth-order valence-corrected chi connectivity index (χ4v) is 2.83. The summed E-state index contributed by atoms with van der Waals surface area (Å²) < 4.78 is 12.9. The molecule has 1 saturated heterocycles. The lowest BCUT2D eigenvalue weighted by molar-refractivity contribution is 0.0828. The van der Waals surface area contributed by atoms with E-state index in [4.69, 9.17) is 21.1 Å². The number of hydrogen-bond donors (Lipinski definition) is 0. The molecule has 0 aromatic carbocycles. The number of hydrogen-bond acceptors (Lipinski definition) is 6. The second-order valence-corrected chi connectivity index (χ2v) is 5.16. The van der Waals surface area contributed by atoms with Crippen LogP contribution in [-0.2, 0) is 22.6 Å². The quantitative estimate of drug-likeness (QED) is 0.727. The molecule has 0 bridgehead atoms. The SMILES string of the molecule is Clc1nc(N2CCOCC2)c2nc3n(c2n1)CCOC3. The molecule has 2 aromatic heterocycles. The lowest BCUT2D eigenvalue weighted by atomic mass is 10.4. The molecule has 0 unspecified atom stereocenters. The van der Waals surface area contributed by atoms with Crippen molar-refractivity contribution in [3.63, 3.8) is 0 Å². The molecule has 0 saturated carbocycles. The number of aromatic nitrogens is 4. The van der Waals surface area contributed by atoms with Crippen LogP contribution in [0.25, 0.3) is 11.2 Å². The van der Waals surface area contributed by atoms with Gasteiger partial charge in [-0.2, -0.15) is 9.97 Å². The van der Waals surface area contributed by atoms with Crippen LogP contribution in [-0.4, -0.2) is 52.4 Å². The average Bonchev–Trinajstić information content (AvgIpc) is 2.86. The summed E-state index contributed by atoms with van der Waals surface area (Å²) in [5.74, 6) is 1.68. The smallest absolute Gasteiger partial charge is 0.226 e. The van der Waals surface area contributed by atoms with Crippen LogP contribution in [0.15, 0.2) is 0 Å². The molecular weight excluding hydrogens is 282 g/mol. The highest BCUT2D eigenvalue weighted by molar-refractivity contribution is 6.28. The van der Waals surface area contributed by atoms with E-state index in [-0.39, 0.29) is 5.28 Å². The van der Waals surface area contributed by atoms with Crippen LogP contribution in [0.1, 0.15) is 5.82 Å². The molecule has 0 N–H and O–H groups in total. The van der Waals surface area contributed by atoms with E-state index in [0.29, 0.717) is 26.4 Å². The summed E-state index contributed by atoms with van der Waals surface area (Å²) in [5.41, 5.74) is 1.60.